The van der Waals surface area contributed by atoms with Crippen molar-refractivity contribution in [3.05, 3.63) is 59.5 Å². The van der Waals surface area contributed by atoms with E-state index in [0.717, 1.165) is 22.2 Å². The summed E-state index contributed by atoms with van der Waals surface area (Å²) in [5, 5.41) is 11.3. The molecule has 0 aliphatic carbocycles. The molecular formula is C18H15ClN4. The number of nitrogens with zero attached hydrogens (tertiary/aromatic N) is 4. The minimum Gasteiger partial charge on any atom is -0.377 e. The molecule has 5 heteroatoms. The molecular weight excluding hydrogens is 308 g/mol. The van der Waals surface area contributed by atoms with Crippen molar-refractivity contribution in [3.63, 3.8) is 0 Å². The Balaban J connectivity index is 2.15. The largest absolute Gasteiger partial charge is 0.377 e. The Morgan fingerprint density at radius 3 is 2.87 bits per heavy atom. The topological polar surface area (TPSA) is 44.9 Å². The molecule has 23 heavy (non-hydrogen) atoms. The van der Waals surface area contributed by atoms with E-state index in [2.05, 4.69) is 11.1 Å². The van der Waals surface area contributed by atoms with Gasteiger partial charge in [0.2, 0.25) is 0 Å². The molecule has 3 aromatic rings. The van der Waals surface area contributed by atoms with E-state index >= 15 is 0 Å². The second kappa shape index (κ2) is 6.15. The van der Waals surface area contributed by atoms with Gasteiger partial charge in [-0.05, 0) is 36.4 Å². The van der Waals surface area contributed by atoms with Crippen molar-refractivity contribution >= 4 is 40.0 Å². The van der Waals surface area contributed by atoms with Gasteiger partial charge in [0.1, 0.15) is 11.8 Å². The second-order valence-corrected chi connectivity index (χ2v) is 5.80. The van der Waals surface area contributed by atoms with Gasteiger partial charge >= 0.3 is 0 Å². The molecule has 0 radical (unpaired) electrons. The lowest BCUT2D eigenvalue weighted by molar-refractivity contribution is 1.11. The summed E-state index contributed by atoms with van der Waals surface area (Å²) in [6, 6.07) is 11.8. The molecule has 0 N–H and O–H groups in total. The number of fused-ring (bicyclic) bond motifs is 1. The number of anilines is 1. The van der Waals surface area contributed by atoms with E-state index < -0.39 is 0 Å². The van der Waals surface area contributed by atoms with E-state index in [1.54, 1.807) is 12.4 Å². The predicted molar refractivity (Wildman–Crippen MR) is 95.3 cm³/mol. The lowest BCUT2D eigenvalue weighted by atomic mass is 10.2. The van der Waals surface area contributed by atoms with Gasteiger partial charge in [-0.3, -0.25) is 4.98 Å². The highest BCUT2D eigenvalue weighted by molar-refractivity contribution is 6.31. The van der Waals surface area contributed by atoms with Crippen molar-refractivity contribution in [1.82, 2.24) is 9.55 Å². The van der Waals surface area contributed by atoms with E-state index in [9.17, 15) is 5.26 Å². The number of halogens is 1. The minimum atomic E-state index is 0.526. The molecule has 0 saturated heterocycles. The minimum absolute atomic E-state index is 0.526. The van der Waals surface area contributed by atoms with Crippen LogP contribution in [0.4, 0.5) is 5.69 Å². The van der Waals surface area contributed by atoms with E-state index in [1.807, 2.05) is 66.2 Å². The number of hydrogen-bond donors (Lipinski definition) is 0. The summed E-state index contributed by atoms with van der Waals surface area (Å²) < 4.78 is 1.86. The van der Waals surface area contributed by atoms with Crippen LogP contribution in [0.3, 0.4) is 0 Å². The van der Waals surface area contributed by atoms with Crippen molar-refractivity contribution < 1.29 is 0 Å². The first-order valence-corrected chi connectivity index (χ1v) is 7.48. The van der Waals surface area contributed by atoms with Crippen LogP contribution in [0.25, 0.3) is 22.7 Å². The lowest BCUT2D eigenvalue weighted by Gasteiger charge is -2.15. The van der Waals surface area contributed by atoms with Gasteiger partial charge in [0, 0.05) is 54.3 Å². The van der Waals surface area contributed by atoms with Gasteiger partial charge < -0.3 is 9.47 Å². The summed E-state index contributed by atoms with van der Waals surface area (Å²) in [4.78, 5) is 6.16. The molecule has 0 bridgehead atoms. The molecule has 0 atom stereocenters. The fraction of sp³-hybridized carbons (Fsp3) is 0.111. The van der Waals surface area contributed by atoms with E-state index in [4.69, 9.17) is 11.6 Å². The summed E-state index contributed by atoms with van der Waals surface area (Å²) in [6.07, 6.45) is 7.22. The second-order valence-electron chi connectivity index (χ2n) is 5.36. The van der Waals surface area contributed by atoms with Crippen molar-refractivity contribution in [3.8, 4) is 6.07 Å². The van der Waals surface area contributed by atoms with E-state index in [-0.39, 0.29) is 0 Å². The van der Waals surface area contributed by atoms with Crippen molar-refractivity contribution in [2.75, 3.05) is 19.0 Å². The number of rotatable bonds is 3. The van der Waals surface area contributed by atoms with Gasteiger partial charge in [0.05, 0.1) is 5.52 Å². The molecule has 2 aromatic heterocycles. The predicted octanol–water partition coefficient (Wildman–Crippen LogP) is 4.28. The third-order valence-corrected chi connectivity index (χ3v) is 3.86. The zero-order valence-corrected chi connectivity index (χ0v) is 13.6. The SMILES string of the molecule is CN(C)c1ccncc1C=C(C#N)n1ccc2cc(Cl)ccc21. The lowest BCUT2D eigenvalue weighted by Crippen LogP contribution is -2.10. The van der Waals surface area contributed by atoms with E-state index in [0.29, 0.717) is 10.7 Å². The van der Waals surface area contributed by atoms with Crippen LogP contribution in [-0.4, -0.2) is 23.6 Å². The maximum Gasteiger partial charge on any atom is 0.125 e. The van der Waals surface area contributed by atoms with Crippen LogP contribution in [0, 0.1) is 11.3 Å². The van der Waals surface area contributed by atoms with Gasteiger partial charge in [-0.15, -0.1) is 0 Å². The fourth-order valence-corrected chi connectivity index (χ4v) is 2.72. The van der Waals surface area contributed by atoms with Crippen LogP contribution in [0.1, 0.15) is 5.56 Å². The summed E-state index contributed by atoms with van der Waals surface area (Å²) in [7, 11) is 3.93. The Hall–Kier alpha value is -2.77. The van der Waals surface area contributed by atoms with Gasteiger partial charge in [0.15, 0.2) is 0 Å². The molecule has 0 saturated carbocycles. The third-order valence-electron chi connectivity index (χ3n) is 3.63. The monoisotopic (exact) mass is 322 g/mol. The molecule has 0 unspecified atom stereocenters. The van der Waals surface area contributed by atoms with Gasteiger partial charge in [-0.1, -0.05) is 11.6 Å². The molecule has 0 spiro atoms. The van der Waals surface area contributed by atoms with Crippen LogP contribution in [0.5, 0.6) is 0 Å². The van der Waals surface area contributed by atoms with Gasteiger partial charge in [0.25, 0.3) is 0 Å². The number of aromatic nitrogens is 2. The highest BCUT2D eigenvalue weighted by Crippen LogP contribution is 2.26. The summed E-state index contributed by atoms with van der Waals surface area (Å²) in [5.41, 5.74) is 3.37. The van der Waals surface area contributed by atoms with E-state index in [1.165, 1.54) is 0 Å². The quantitative estimate of drug-likeness (QED) is 0.676. The van der Waals surface area contributed by atoms with Crippen LogP contribution in [-0.2, 0) is 0 Å². The molecule has 3 rings (SSSR count). The van der Waals surface area contributed by atoms with Crippen LogP contribution < -0.4 is 4.90 Å². The highest BCUT2D eigenvalue weighted by atomic mass is 35.5. The number of nitriles is 1. The van der Waals surface area contributed by atoms with Crippen molar-refractivity contribution in [2.45, 2.75) is 0 Å². The number of pyridine rings is 1. The van der Waals surface area contributed by atoms with Crippen LogP contribution >= 0.6 is 11.6 Å². The number of hydrogen-bond acceptors (Lipinski definition) is 3. The fourth-order valence-electron chi connectivity index (χ4n) is 2.54. The summed E-state index contributed by atoms with van der Waals surface area (Å²) in [5.74, 6) is 0. The number of allylic oxidation sites excluding steroid dienone is 1. The maximum absolute atomic E-state index is 9.60. The van der Waals surface area contributed by atoms with Crippen molar-refractivity contribution in [1.29, 1.82) is 5.26 Å². The Kier molecular flexibility index (Phi) is 4.05. The first-order chi connectivity index (χ1) is 11.1. The Morgan fingerprint density at radius 2 is 2.13 bits per heavy atom. The average Bonchev–Trinajstić information content (AvgIpc) is 2.95. The average molecular weight is 323 g/mol. The Bertz CT molecular complexity index is 932. The van der Waals surface area contributed by atoms with Crippen molar-refractivity contribution in [2.24, 2.45) is 0 Å². The highest BCUT2D eigenvalue weighted by Gasteiger charge is 2.08. The molecule has 4 nitrogen and oxygen atoms in total. The molecule has 0 aliphatic heterocycles. The van der Waals surface area contributed by atoms with Crippen LogP contribution in [0.15, 0.2) is 48.9 Å². The zero-order chi connectivity index (χ0) is 16.4. The molecule has 2 heterocycles. The Morgan fingerprint density at radius 1 is 1.30 bits per heavy atom. The molecule has 0 fully saturated rings. The first-order valence-electron chi connectivity index (χ1n) is 7.10. The maximum atomic E-state index is 9.60. The van der Waals surface area contributed by atoms with Gasteiger partial charge in [-0.2, -0.15) is 5.26 Å². The molecule has 0 amide bonds. The molecule has 114 valence electrons. The smallest absolute Gasteiger partial charge is 0.125 e. The Labute approximate surface area is 139 Å². The standard InChI is InChI=1S/C18H15ClN4/c1-22(2)17-5-7-21-12-14(17)10-16(11-20)23-8-6-13-9-15(19)3-4-18(13)23/h3-10,12H,1-2H3. The molecule has 0 aliphatic rings. The first kappa shape index (κ1) is 15.1. The van der Waals surface area contributed by atoms with Crippen LogP contribution in [0.2, 0.25) is 5.02 Å². The normalized spacial score (nSPS) is 11.5. The third kappa shape index (κ3) is 2.92. The zero-order valence-electron chi connectivity index (χ0n) is 12.9. The summed E-state index contributed by atoms with van der Waals surface area (Å²) in [6.45, 7) is 0. The summed E-state index contributed by atoms with van der Waals surface area (Å²) >= 11 is 6.02. The van der Waals surface area contributed by atoms with Gasteiger partial charge in [-0.25, -0.2) is 0 Å². The number of benzene rings is 1. The molecule has 1 aromatic carbocycles.